The van der Waals surface area contributed by atoms with E-state index >= 15 is 0 Å². The lowest BCUT2D eigenvalue weighted by Gasteiger charge is -2.06. The quantitative estimate of drug-likeness (QED) is 0.807. The SMILES string of the molecule is CN(C)C(=O)c1cc2cc(Cl)cc(Br)c2o1. The van der Waals surface area contributed by atoms with E-state index < -0.39 is 0 Å². The van der Waals surface area contributed by atoms with Crippen molar-refractivity contribution in [3.8, 4) is 0 Å². The Kier molecular flexibility index (Phi) is 2.95. The third-order valence-corrected chi connectivity index (χ3v) is 2.96. The standard InChI is InChI=1S/C11H9BrClNO2/c1-14(2)11(15)9-4-6-3-7(13)5-8(12)10(6)16-9/h3-5H,1-2H3. The second kappa shape index (κ2) is 4.11. The molecule has 0 atom stereocenters. The van der Waals surface area contributed by atoms with Crippen LogP contribution in [-0.4, -0.2) is 24.9 Å². The Balaban J connectivity index is 2.60. The van der Waals surface area contributed by atoms with Gasteiger partial charge >= 0.3 is 0 Å². The maximum absolute atomic E-state index is 11.7. The highest BCUT2D eigenvalue weighted by Gasteiger charge is 2.15. The van der Waals surface area contributed by atoms with Crippen molar-refractivity contribution in [3.05, 3.63) is 33.5 Å². The molecule has 1 amide bonds. The van der Waals surface area contributed by atoms with E-state index in [1.54, 1.807) is 32.3 Å². The minimum atomic E-state index is -0.167. The van der Waals surface area contributed by atoms with Gasteiger partial charge < -0.3 is 9.32 Å². The van der Waals surface area contributed by atoms with E-state index in [4.69, 9.17) is 16.0 Å². The molecule has 0 aliphatic heterocycles. The molecular weight excluding hydrogens is 293 g/mol. The van der Waals surface area contributed by atoms with Crippen LogP contribution in [0.25, 0.3) is 11.0 Å². The van der Waals surface area contributed by atoms with Gasteiger partial charge in [0, 0.05) is 24.5 Å². The number of nitrogens with zero attached hydrogens (tertiary/aromatic N) is 1. The molecule has 0 radical (unpaired) electrons. The Morgan fingerprint density at radius 1 is 1.38 bits per heavy atom. The molecule has 2 aromatic rings. The predicted octanol–water partition coefficient (Wildman–Crippen LogP) is 3.55. The summed E-state index contributed by atoms with van der Waals surface area (Å²) in [5.74, 6) is 0.141. The Hall–Kier alpha value is -1.00. The zero-order valence-electron chi connectivity index (χ0n) is 8.75. The molecule has 1 aromatic carbocycles. The third-order valence-electron chi connectivity index (χ3n) is 2.15. The van der Waals surface area contributed by atoms with E-state index in [9.17, 15) is 4.79 Å². The molecule has 1 aromatic heterocycles. The fraction of sp³-hybridized carbons (Fsp3) is 0.182. The molecule has 1 heterocycles. The van der Waals surface area contributed by atoms with Crippen LogP contribution in [0.5, 0.6) is 0 Å². The molecule has 0 fully saturated rings. The van der Waals surface area contributed by atoms with Crippen molar-refractivity contribution in [1.82, 2.24) is 4.90 Å². The first kappa shape index (κ1) is 11.5. The van der Waals surface area contributed by atoms with Crippen molar-refractivity contribution in [2.24, 2.45) is 0 Å². The van der Waals surface area contributed by atoms with Gasteiger partial charge in [-0.3, -0.25) is 4.79 Å². The number of fused-ring (bicyclic) bond motifs is 1. The van der Waals surface area contributed by atoms with Crippen LogP contribution in [0.3, 0.4) is 0 Å². The van der Waals surface area contributed by atoms with Gasteiger partial charge in [-0.2, -0.15) is 0 Å². The summed E-state index contributed by atoms with van der Waals surface area (Å²) in [7, 11) is 3.36. The number of hydrogen-bond acceptors (Lipinski definition) is 2. The molecule has 5 heteroatoms. The normalized spacial score (nSPS) is 10.8. The van der Waals surface area contributed by atoms with Crippen LogP contribution in [0.1, 0.15) is 10.6 Å². The number of benzene rings is 1. The van der Waals surface area contributed by atoms with Crippen molar-refractivity contribution in [2.45, 2.75) is 0 Å². The summed E-state index contributed by atoms with van der Waals surface area (Å²) in [6.45, 7) is 0. The molecule has 2 rings (SSSR count). The molecule has 0 aliphatic rings. The molecule has 3 nitrogen and oxygen atoms in total. The van der Waals surface area contributed by atoms with Crippen molar-refractivity contribution in [3.63, 3.8) is 0 Å². The van der Waals surface area contributed by atoms with E-state index in [2.05, 4.69) is 15.9 Å². The average Bonchev–Trinajstić information content (AvgIpc) is 2.60. The van der Waals surface area contributed by atoms with Gasteiger partial charge in [0.1, 0.15) is 5.58 Å². The van der Waals surface area contributed by atoms with E-state index in [1.807, 2.05) is 0 Å². The van der Waals surface area contributed by atoms with Gasteiger partial charge in [-0.25, -0.2) is 0 Å². The van der Waals surface area contributed by atoms with E-state index in [0.717, 1.165) is 9.86 Å². The molecule has 0 bridgehead atoms. The van der Waals surface area contributed by atoms with Crippen LogP contribution in [0, 0.1) is 0 Å². The number of amides is 1. The van der Waals surface area contributed by atoms with Crippen LogP contribution in [0.2, 0.25) is 5.02 Å². The number of carbonyl (C=O) groups is 1. The lowest BCUT2D eigenvalue weighted by molar-refractivity contribution is 0.0799. The summed E-state index contributed by atoms with van der Waals surface area (Å²) in [6.07, 6.45) is 0. The van der Waals surface area contributed by atoms with E-state index in [0.29, 0.717) is 16.4 Å². The number of rotatable bonds is 1. The van der Waals surface area contributed by atoms with Crippen molar-refractivity contribution >= 4 is 44.4 Å². The zero-order chi connectivity index (χ0) is 11.9. The average molecular weight is 303 g/mol. The van der Waals surface area contributed by atoms with E-state index in [1.165, 1.54) is 4.90 Å². The minimum absolute atomic E-state index is 0.167. The molecule has 84 valence electrons. The maximum Gasteiger partial charge on any atom is 0.289 e. The highest BCUT2D eigenvalue weighted by Crippen LogP contribution is 2.30. The Bertz CT molecular complexity index is 562. The predicted molar refractivity (Wildman–Crippen MR) is 66.9 cm³/mol. The first-order valence-corrected chi connectivity index (χ1v) is 5.76. The van der Waals surface area contributed by atoms with Gasteiger partial charge in [0.2, 0.25) is 0 Å². The summed E-state index contributed by atoms with van der Waals surface area (Å²) in [5.41, 5.74) is 0.634. The van der Waals surface area contributed by atoms with Gasteiger partial charge in [-0.05, 0) is 34.1 Å². The molecule has 0 N–H and O–H groups in total. The second-order valence-corrected chi connectivity index (χ2v) is 4.91. The summed E-state index contributed by atoms with van der Waals surface area (Å²) in [5, 5.41) is 1.41. The van der Waals surface area contributed by atoms with Gasteiger partial charge in [-0.15, -0.1) is 0 Å². The second-order valence-electron chi connectivity index (χ2n) is 3.62. The van der Waals surface area contributed by atoms with Gasteiger partial charge in [0.25, 0.3) is 5.91 Å². The molecule has 16 heavy (non-hydrogen) atoms. The molecule has 0 unspecified atom stereocenters. The first-order valence-electron chi connectivity index (χ1n) is 4.59. The molecule has 0 saturated heterocycles. The van der Waals surface area contributed by atoms with Crippen LogP contribution < -0.4 is 0 Å². The molecule has 0 spiro atoms. The van der Waals surface area contributed by atoms with Gasteiger partial charge in [-0.1, -0.05) is 11.6 Å². The lowest BCUT2D eigenvalue weighted by Crippen LogP contribution is -2.20. The highest BCUT2D eigenvalue weighted by atomic mass is 79.9. The van der Waals surface area contributed by atoms with Crippen LogP contribution in [0.4, 0.5) is 0 Å². The Labute approximate surface area is 106 Å². The van der Waals surface area contributed by atoms with Gasteiger partial charge in [0.05, 0.1) is 4.47 Å². The van der Waals surface area contributed by atoms with Crippen molar-refractivity contribution in [1.29, 1.82) is 0 Å². The highest BCUT2D eigenvalue weighted by molar-refractivity contribution is 9.10. The monoisotopic (exact) mass is 301 g/mol. The molecule has 0 aliphatic carbocycles. The summed E-state index contributed by atoms with van der Waals surface area (Å²) in [4.78, 5) is 13.2. The Morgan fingerprint density at radius 2 is 2.06 bits per heavy atom. The van der Waals surface area contributed by atoms with Crippen LogP contribution in [-0.2, 0) is 0 Å². The summed E-state index contributed by atoms with van der Waals surface area (Å²) < 4.78 is 6.22. The van der Waals surface area contributed by atoms with Crippen molar-refractivity contribution < 1.29 is 9.21 Å². The molecular formula is C11H9BrClNO2. The zero-order valence-corrected chi connectivity index (χ0v) is 11.1. The number of halogens is 2. The number of hydrogen-bond donors (Lipinski definition) is 0. The van der Waals surface area contributed by atoms with Crippen molar-refractivity contribution in [2.75, 3.05) is 14.1 Å². The number of carbonyl (C=O) groups excluding carboxylic acids is 1. The van der Waals surface area contributed by atoms with E-state index in [-0.39, 0.29) is 5.91 Å². The molecule has 0 saturated carbocycles. The summed E-state index contributed by atoms with van der Waals surface area (Å²) >= 11 is 9.25. The van der Waals surface area contributed by atoms with Crippen LogP contribution >= 0.6 is 27.5 Å². The summed E-state index contributed by atoms with van der Waals surface area (Å²) in [6, 6.07) is 5.18. The lowest BCUT2D eigenvalue weighted by atomic mass is 10.2. The largest absolute Gasteiger partial charge is 0.450 e. The first-order chi connectivity index (χ1) is 7.49. The smallest absolute Gasteiger partial charge is 0.289 e. The minimum Gasteiger partial charge on any atom is -0.450 e. The van der Waals surface area contributed by atoms with Crippen LogP contribution in [0.15, 0.2) is 27.1 Å². The third kappa shape index (κ3) is 1.95. The van der Waals surface area contributed by atoms with Gasteiger partial charge in [0.15, 0.2) is 5.76 Å². The Morgan fingerprint density at radius 3 is 2.69 bits per heavy atom. The maximum atomic E-state index is 11.7. The fourth-order valence-electron chi connectivity index (χ4n) is 1.40. The number of furan rings is 1. The fourth-order valence-corrected chi connectivity index (χ4v) is 2.32. The topological polar surface area (TPSA) is 33.5 Å².